The number of carbonyl (C=O) groups is 2. The Hall–Kier alpha value is -2.28. The van der Waals surface area contributed by atoms with Crippen molar-refractivity contribution in [3.63, 3.8) is 0 Å². The maximum absolute atomic E-state index is 13.4. The second kappa shape index (κ2) is 7.69. The fraction of sp³-hybridized carbons (Fsp3) is 0.591. The van der Waals surface area contributed by atoms with E-state index in [0.717, 1.165) is 0 Å². The van der Waals surface area contributed by atoms with Gasteiger partial charge in [-0.05, 0) is 36.0 Å². The van der Waals surface area contributed by atoms with Crippen LogP contribution in [0.5, 0.6) is 0 Å². The zero-order valence-corrected chi connectivity index (χ0v) is 19.0. The van der Waals surface area contributed by atoms with E-state index in [-0.39, 0.29) is 42.7 Å². The zero-order chi connectivity index (χ0) is 22.7. The molecule has 8 nitrogen and oxygen atoms in total. The van der Waals surface area contributed by atoms with E-state index in [1.807, 2.05) is 13.8 Å². The molecule has 2 saturated heterocycles. The van der Waals surface area contributed by atoms with Gasteiger partial charge in [0.1, 0.15) is 0 Å². The molecule has 2 aliphatic heterocycles. The number of carbonyl (C=O) groups excluding carboxylic acids is 2. The molecule has 0 N–H and O–H groups in total. The number of rotatable bonds is 5. The van der Waals surface area contributed by atoms with Crippen molar-refractivity contribution in [2.75, 3.05) is 13.6 Å². The normalized spacial score (nSPS) is 32.9. The minimum atomic E-state index is -3.85. The van der Waals surface area contributed by atoms with Crippen molar-refractivity contribution in [3.05, 3.63) is 35.4 Å². The highest BCUT2D eigenvalue weighted by Crippen LogP contribution is 2.49. The first-order valence-electron chi connectivity index (χ1n) is 10.7. The standard InChI is InChI=1S/C22H28N4O4S/c1-13-14(2)19(13)22(28)26-18-8-9-25(20(18)15(3)21(26)27)31(29,30)24(4)12-17-7-5-6-16(10-17)11-23/h5-7,10,13-15,18-20H,8-9,12H2,1-4H3/t13-,14+,15-,18-,19?,20+/m0/s1. The summed E-state index contributed by atoms with van der Waals surface area (Å²) in [6.45, 7) is 6.13. The number of imide groups is 1. The molecule has 1 aromatic rings. The maximum Gasteiger partial charge on any atom is 0.282 e. The molecular formula is C22H28N4O4S. The van der Waals surface area contributed by atoms with Crippen molar-refractivity contribution in [1.82, 2.24) is 13.5 Å². The molecule has 0 bridgehead atoms. The summed E-state index contributed by atoms with van der Waals surface area (Å²) in [5.41, 5.74) is 1.18. The van der Waals surface area contributed by atoms with Gasteiger partial charge < -0.3 is 0 Å². The van der Waals surface area contributed by atoms with Gasteiger partial charge in [0, 0.05) is 26.1 Å². The van der Waals surface area contributed by atoms with E-state index in [1.165, 1.54) is 20.6 Å². The molecule has 1 saturated carbocycles. The molecule has 0 radical (unpaired) electrons. The van der Waals surface area contributed by atoms with Crippen LogP contribution in [-0.4, -0.2) is 59.4 Å². The molecule has 1 unspecified atom stereocenters. The van der Waals surface area contributed by atoms with Crippen LogP contribution >= 0.6 is 0 Å². The van der Waals surface area contributed by atoms with Crippen LogP contribution in [0.4, 0.5) is 0 Å². The summed E-state index contributed by atoms with van der Waals surface area (Å²) in [6.07, 6.45) is 0.457. The van der Waals surface area contributed by atoms with Gasteiger partial charge in [-0.15, -0.1) is 0 Å². The molecular weight excluding hydrogens is 416 g/mol. The number of benzene rings is 1. The predicted molar refractivity (Wildman–Crippen MR) is 113 cm³/mol. The summed E-state index contributed by atoms with van der Waals surface area (Å²) < 4.78 is 29.4. The zero-order valence-electron chi connectivity index (χ0n) is 18.2. The molecule has 1 aromatic carbocycles. The Bertz CT molecular complexity index is 1060. The predicted octanol–water partition coefficient (Wildman–Crippen LogP) is 1.58. The first-order valence-corrected chi connectivity index (χ1v) is 12.1. The van der Waals surface area contributed by atoms with Gasteiger partial charge in [0.15, 0.2) is 0 Å². The molecule has 166 valence electrons. The van der Waals surface area contributed by atoms with Gasteiger partial charge in [0.05, 0.1) is 29.6 Å². The fourth-order valence-electron chi connectivity index (χ4n) is 5.24. The van der Waals surface area contributed by atoms with Crippen molar-refractivity contribution in [2.24, 2.45) is 23.7 Å². The SMILES string of the molecule is C[C@@H]1C(=O)N(C(=O)C2[C@@H](C)[C@H]2C)[C@H]2CCN(S(=O)(=O)N(C)Cc3cccc(C#N)c3)[C@H]12. The molecule has 0 aromatic heterocycles. The van der Waals surface area contributed by atoms with Crippen LogP contribution in [0.15, 0.2) is 24.3 Å². The summed E-state index contributed by atoms with van der Waals surface area (Å²) in [6, 6.07) is 7.95. The molecule has 2 heterocycles. The number of amides is 2. The van der Waals surface area contributed by atoms with E-state index < -0.39 is 28.2 Å². The molecule has 1 aliphatic carbocycles. The summed E-state index contributed by atoms with van der Waals surface area (Å²) in [5, 5.41) is 9.08. The molecule has 2 amide bonds. The Morgan fingerprint density at radius 2 is 1.94 bits per heavy atom. The highest BCUT2D eigenvalue weighted by Gasteiger charge is 2.60. The topological polar surface area (TPSA) is 102 Å². The lowest BCUT2D eigenvalue weighted by molar-refractivity contribution is -0.146. The van der Waals surface area contributed by atoms with Crippen molar-refractivity contribution < 1.29 is 18.0 Å². The van der Waals surface area contributed by atoms with Crippen LogP contribution < -0.4 is 0 Å². The maximum atomic E-state index is 13.4. The Morgan fingerprint density at radius 3 is 2.55 bits per heavy atom. The van der Waals surface area contributed by atoms with Gasteiger partial charge >= 0.3 is 0 Å². The Morgan fingerprint density at radius 1 is 1.26 bits per heavy atom. The lowest BCUT2D eigenvalue weighted by atomic mass is 10.0. The van der Waals surface area contributed by atoms with Gasteiger partial charge in [-0.25, -0.2) is 0 Å². The minimum Gasteiger partial charge on any atom is -0.277 e. The van der Waals surface area contributed by atoms with E-state index in [4.69, 9.17) is 5.26 Å². The van der Waals surface area contributed by atoms with Crippen LogP contribution in [-0.2, 0) is 26.3 Å². The molecule has 9 heteroatoms. The first kappa shape index (κ1) is 21.9. The number of likely N-dealkylation sites (tertiary alicyclic amines) is 1. The average molecular weight is 445 g/mol. The van der Waals surface area contributed by atoms with Crippen LogP contribution in [0.3, 0.4) is 0 Å². The first-order chi connectivity index (χ1) is 14.6. The van der Waals surface area contributed by atoms with Crippen molar-refractivity contribution in [3.8, 4) is 6.07 Å². The van der Waals surface area contributed by atoms with E-state index in [9.17, 15) is 18.0 Å². The second-order valence-electron chi connectivity index (χ2n) is 9.11. The highest BCUT2D eigenvalue weighted by atomic mass is 32.2. The molecule has 3 fully saturated rings. The largest absolute Gasteiger partial charge is 0.282 e. The summed E-state index contributed by atoms with van der Waals surface area (Å²) in [7, 11) is -2.35. The van der Waals surface area contributed by atoms with E-state index in [1.54, 1.807) is 31.2 Å². The van der Waals surface area contributed by atoms with Gasteiger partial charge in [-0.2, -0.15) is 22.3 Å². The van der Waals surface area contributed by atoms with Crippen molar-refractivity contribution in [1.29, 1.82) is 5.26 Å². The average Bonchev–Trinajstić information content (AvgIpc) is 3.05. The molecule has 6 atom stereocenters. The third-order valence-electron chi connectivity index (χ3n) is 7.34. The third-order valence-corrected chi connectivity index (χ3v) is 9.27. The molecule has 0 spiro atoms. The van der Waals surface area contributed by atoms with Crippen molar-refractivity contribution >= 4 is 22.0 Å². The molecule has 31 heavy (non-hydrogen) atoms. The van der Waals surface area contributed by atoms with Crippen LogP contribution in [0.1, 0.15) is 38.3 Å². The lowest BCUT2D eigenvalue weighted by Gasteiger charge is -2.29. The second-order valence-corrected chi connectivity index (χ2v) is 11.1. The van der Waals surface area contributed by atoms with Crippen molar-refractivity contribution in [2.45, 2.75) is 45.8 Å². The van der Waals surface area contributed by atoms with E-state index in [0.29, 0.717) is 17.5 Å². The number of nitrogens with zero attached hydrogens (tertiary/aromatic N) is 4. The summed E-state index contributed by atoms with van der Waals surface area (Å²) in [5.74, 6) is -0.611. The smallest absolute Gasteiger partial charge is 0.277 e. The Kier molecular flexibility index (Phi) is 5.44. The number of hydrogen-bond acceptors (Lipinski definition) is 5. The highest BCUT2D eigenvalue weighted by molar-refractivity contribution is 7.86. The van der Waals surface area contributed by atoms with Crippen LogP contribution in [0, 0.1) is 35.0 Å². The summed E-state index contributed by atoms with van der Waals surface area (Å²) >= 11 is 0. The van der Waals surface area contributed by atoms with Gasteiger partial charge in [0.25, 0.3) is 10.2 Å². The third kappa shape index (κ3) is 3.47. The lowest BCUT2D eigenvalue weighted by Crippen LogP contribution is -2.48. The van der Waals surface area contributed by atoms with Gasteiger partial charge in [0.2, 0.25) is 11.8 Å². The van der Waals surface area contributed by atoms with Crippen LogP contribution in [0.2, 0.25) is 0 Å². The summed E-state index contributed by atoms with van der Waals surface area (Å²) in [4.78, 5) is 27.3. The molecule has 4 rings (SSSR count). The number of fused-ring (bicyclic) bond motifs is 1. The minimum absolute atomic E-state index is 0.119. The van der Waals surface area contributed by atoms with E-state index >= 15 is 0 Å². The quantitative estimate of drug-likeness (QED) is 0.642. The van der Waals surface area contributed by atoms with E-state index in [2.05, 4.69) is 6.07 Å². The van der Waals surface area contributed by atoms with Gasteiger partial charge in [-0.1, -0.05) is 32.9 Å². The fourth-order valence-corrected chi connectivity index (χ4v) is 6.87. The van der Waals surface area contributed by atoms with Crippen LogP contribution in [0.25, 0.3) is 0 Å². The monoisotopic (exact) mass is 444 g/mol. The Labute approximate surface area is 183 Å². The molecule has 3 aliphatic rings. The number of nitriles is 1. The Balaban J connectivity index is 1.54. The number of hydrogen-bond donors (Lipinski definition) is 0. The van der Waals surface area contributed by atoms with Gasteiger partial charge in [-0.3, -0.25) is 14.5 Å².